The average molecular weight is 187 g/mol. The van der Waals surface area contributed by atoms with E-state index >= 15 is 0 Å². The van der Waals surface area contributed by atoms with E-state index in [-0.39, 0.29) is 6.04 Å². The standard InChI is InChI=1S/C9H18FN3/c10-8-7-12-2-1-9(8)13-5-3-11-4-6-13/h8-9,11-12H,1-7H2. The SMILES string of the molecule is FC1CNCCC1N1CCNCC1. The minimum atomic E-state index is -0.674. The maximum Gasteiger partial charge on any atom is 0.128 e. The molecule has 2 aliphatic rings. The van der Waals surface area contributed by atoms with E-state index in [1.807, 2.05) is 0 Å². The molecule has 0 saturated carbocycles. The molecule has 76 valence electrons. The molecule has 13 heavy (non-hydrogen) atoms. The Balaban J connectivity index is 1.88. The first-order chi connectivity index (χ1) is 6.38. The van der Waals surface area contributed by atoms with Crippen LogP contribution in [0.4, 0.5) is 4.39 Å². The van der Waals surface area contributed by atoms with Crippen molar-refractivity contribution in [3.05, 3.63) is 0 Å². The highest BCUT2D eigenvalue weighted by molar-refractivity contribution is 4.87. The van der Waals surface area contributed by atoms with E-state index in [2.05, 4.69) is 15.5 Å². The van der Waals surface area contributed by atoms with Crippen molar-refractivity contribution in [3.8, 4) is 0 Å². The van der Waals surface area contributed by atoms with Crippen LogP contribution in [0.2, 0.25) is 0 Å². The third-order valence-corrected chi connectivity index (χ3v) is 2.99. The van der Waals surface area contributed by atoms with Crippen LogP contribution in [-0.4, -0.2) is 56.4 Å². The molecule has 2 N–H and O–H groups in total. The number of nitrogens with one attached hydrogen (secondary N) is 2. The maximum absolute atomic E-state index is 13.5. The Morgan fingerprint density at radius 1 is 1.08 bits per heavy atom. The first-order valence-electron chi connectivity index (χ1n) is 5.17. The van der Waals surface area contributed by atoms with Crippen molar-refractivity contribution in [2.45, 2.75) is 18.6 Å². The molecule has 0 spiro atoms. The number of piperazine rings is 1. The summed E-state index contributed by atoms with van der Waals surface area (Å²) in [5.74, 6) is 0. The molecule has 0 amide bonds. The van der Waals surface area contributed by atoms with Crippen LogP contribution in [0, 0.1) is 0 Å². The number of alkyl halides is 1. The van der Waals surface area contributed by atoms with Crippen LogP contribution in [0.25, 0.3) is 0 Å². The molecule has 2 aliphatic heterocycles. The van der Waals surface area contributed by atoms with Crippen molar-refractivity contribution >= 4 is 0 Å². The molecule has 2 heterocycles. The fraction of sp³-hybridized carbons (Fsp3) is 1.00. The van der Waals surface area contributed by atoms with Crippen LogP contribution in [0.1, 0.15) is 6.42 Å². The second kappa shape index (κ2) is 4.35. The first kappa shape index (κ1) is 9.37. The van der Waals surface area contributed by atoms with Crippen LogP contribution in [-0.2, 0) is 0 Å². The molecule has 0 aromatic heterocycles. The Labute approximate surface area is 78.7 Å². The molecule has 2 atom stereocenters. The van der Waals surface area contributed by atoms with Crippen LogP contribution < -0.4 is 10.6 Å². The topological polar surface area (TPSA) is 27.3 Å². The van der Waals surface area contributed by atoms with E-state index < -0.39 is 6.17 Å². The first-order valence-corrected chi connectivity index (χ1v) is 5.17. The summed E-state index contributed by atoms with van der Waals surface area (Å²) in [5, 5.41) is 6.38. The molecule has 3 nitrogen and oxygen atoms in total. The van der Waals surface area contributed by atoms with Gasteiger partial charge in [0.2, 0.25) is 0 Å². The van der Waals surface area contributed by atoms with Gasteiger partial charge in [-0.15, -0.1) is 0 Å². The zero-order valence-electron chi connectivity index (χ0n) is 7.93. The third kappa shape index (κ3) is 2.18. The number of rotatable bonds is 1. The van der Waals surface area contributed by atoms with Gasteiger partial charge in [-0.2, -0.15) is 0 Å². The van der Waals surface area contributed by atoms with E-state index in [1.165, 1.54) is 0 Å². The molecule has 2 fully saturated rings. The zero-order valence-corrected chi connectivity index (χ0v) is 7.93. The predicted octanol–water partition coefficient (Wildman–Crippen LogP) is -0.408. The Bertz CT molecular complexity index is 159. The summed E-state index contributed by atoms with van der Waals surface area (Å²) in [6, 6.07) is 0.170. The largest absolute Gasteiger partial charge is 0.314 e. The fourth-order valence-electron chi connectivity index (χ4n) is 2.23. The summed E-state index contributed by atoms with van der Waals surface area (Å²) >= 11 is 0. The monoisotopic (exact) mass is 187 g/mol. The number of nitrogens with zero attached hydrogens (tertiary/aromatic N) is 1. The van der Waals surface area contributed by atoms with Gasteiger partial charge < -0.3 is 10.6 Å². The molecule has 0 radical (unpaired) electrons. The van der Waals surface area contributed by atoms with Crippen molar-refractivity contribution in [3.63, 3.8) is 0 Å². The fourth-order valence-corrected chi connectivity index (χ4v) is 2.23. The average Bonchev–Trinajstić information content (AvgIpc) is 2.20. The van der Waals surface area contributed by atoms with Gasteiger partial charge in [-0.05, 0) is 13.0 Å². The Morgan fingerprint density at radius 2 is 1.85 bits per heavy atom. The van der Waals surface area contributed by atoms with Gasteiger partial charge in [-0.3, -0.25) is 4.90 Å². The van der Waals surface area contributed by atoms with Crippen molar-refractivity contribution in [1.82, 2.24) is 15.5 Å². The Morgan fingerprint density at radius 3 is 2.54 bits per heavy atom. The lowest BCUT2D eigenvalue weighted by molar-refractivity contribution is 0.0747. The van der Waals surface area contributed by atoms with Crippen molar-refractivity contribution in [1.29, 1.82) is 0 Å². The molecular formula is C9H18FN3. The van der Waals surface area contributed by atoms with E-state index in [1.54, 1.807) is 0 Å². The summed E-state index contributed by atoms with van der Waals surface area (Å²) in [6.07, 6.45) is 0.285. The van der Waals surface area contributed by atoms with E-state index in [0.717, 1.165) is 39.1 Å². The minimum Gasteiger partial charge on any atom is -0.314 e. The van der Waals surface area contributed by atoms with Gasteiger partial charge >= 0.3 is 0 Å². The lowest BCUT2D eigenvalue weighted by Gasteiger charge is -2.39. The lowest BCUT2D eigenvalue weighted by atomic mass is 10.0. The Kier molecular flexibility index (Phi) is 3.14. The molecular weight excluding hydrogens is 169 g/mol. The van der Waals surface area contributed by atoms with Crippen LogP contribution in [0.15, 0.2) is 0 Å². The van der Waals surface area contributed by atoms with Crippen molar-refractivity contribution in [2.75, 3.05) is 39.3 Å². The number of hydrogen-bond donors (Lipinski definition) is 2. The van der Waals surface area contributed by atoms with Gasteiger partial charge in [0.25, 0.3) is 0 Å². The van der Waals surface area contributed by atoms with Gasteiger partial charge in [0.1, 0.15) is 6.17 Å². The summed E-state index contributed by atoms with van der Waals surface area (Å²) < 4.78 is 13.5. The molecule has 0 aromatic carbocycles. The molecule has 2 saturated heterocycles. The highest BCUT2D eigenvalue weighted by atomic mass is 19.1. The van der Waals surface area contributed by atoms with Gasteiger partial charge in [0.15, 0.2) is 0 Å². The highest BCUT2D eigenvalue weighted by Gasteiger charge is 2.30. The van der Waals surface area contributed by atoms with Crippen LogP contribution >= 0.6 is 0 Å². The summed E-state index contributed by atoms with van der Waals surface area (Å²) in [7, 11) is 0. The highest BCUT2D eigenvalue weighted by Crippen LogP contribution is 2.15. The Hall–Kier alpha value is -0.190. The van der Waals surface area contributed by atoms with Gasteiger partial charge in [0, 0.05) is 38.8 Å². The summed E-state index contributed by atoms with van der Waals surface area (Å²) in [4.78, 5) is 2.29. The smallest absolute Gasteiger partial charge is 0.128 e. The van der Waals surface area contributed by atoms with Crippen molar-refractivity contribution in [2.24, 2.45) is 0 Å². The maximum atomic E-state index is 13.5. The second-order valence-corrected chi connectivity index (χ2v) is 3.86. The number of piperidine rings is 1. The normalized spacial score (nSPS) is 37.6. The number of hydrogen-bond acceptors (Lipinski definition) is 3. The van der Waals surface area contributed by atoms with E-state index in [0.29, 0.717) is 6.54 Å². The molecule has 2 unspecified atom stereocenters. The van der Waals surface area contributed by atoms with E-state index in [9.17, 15) is 4.39 Å². The summed E-state index contributed by atoms with van der Waals surface area (Å²) in [5.41, 5.74) is 0. The second-order valence-electron chi connectivity index (χ2n) is 3.86. The molecule has 4 heteroatoms. The van der Waals surface area contributed by atoms with Crippen LogP contribution in [0.5, 0.6) is 0 Å². The zero-order chi connectivity index (χ0) is 9.10. The molecule has 0 bridgehead atoms. The molecule has 0 aliphatic carbocycles. The predicted molar refractivity (Wildman–Crippen MR) is 50.6 cm³/mol. The summed E-state index contributed by atoms with van der Waals surface area (Å²) in [6.45, 7) is 5.53. The van der Waals surface area contributed by atoms with Crippen LogP contribution in [0.3, 0.4) is 0 Å². The molecule has 2 rings (SSSR count). The van der Waals surface area contributed by atoms with Crippen molar-refractivity contribution < 1.29 is 4.39 Å². The quantitative estimate of drug-likeness (QED) is 0.584. The third-order valence-electron chi connectivity index (χ3n) is 2.99. The molecule has 0 aromatic rings. The van der Waals surface area contributed by atoms with Gasteiger partial charge in [-0.1, -0.05) is 0 Å². The lowest BCUT2D eigenvalue weighted by Crippen LogP contribution is -2.56. The minimum absolute atomic E-state index is 0.170. The number of halogens is 1. The van der Waals surface area contributed by atoms with Gasteiger partial charge in [-0.25, -0.2) is 4.39 Å². The van der Waals surface area contributed by atoms with E-state index in [4.69, 9.17) is 0 Å². The van der Waals surface area contributed by atoms with Gasteiger partial charge in [0.05, 0.1) is 0 Å².